The maximum absolute atomic E-state index is 2.47. The molecule has 0 aliphatic heterocycles. The maximum atomic E-state index is 2.47. The van der Waals surface area contributed by atoms with Crippen LogP contribution in [0.25, 0.3) is 22.0 Å². The van der Waals surface area contributed by atoms with E-state index in [9.17, 15) is 0 Å². The Bertz CT molecular complexity index is 1070. The van der Waals surface area contributed by atoms with Crippen molar-refractivity contribution in [2.45, 2.75) is 66.7 Å². The van der Waals surface area contributed by atoms with Gasteiger partial charge in [-0.15, -0.1) is 0 Å². The lowest BCUT2D eigenvalue weighted by Gasteiger charge is -2.18. The highest BCUT2D eigenvalue weighted by Crippen LogP contribution is 2.46. The lowest BCUT2D eigenvalue weighted by Crippen LogP contribution is -2.35. The summed E-state index contributed by atoms with van der Waals surface area (Å²) in [5, 5.41) is 2.74. The van der Waals surface area contributed by atoms with Crippen LogP contribution in [0, 0.1) is 33.1 Å². The Labute approximate surface area is 170 Å². The van der Waals surface area contributed by atoms with E-state index >= 15 is 0 Å². The monoisotopic (exact) mass is 372 g/mol. The van der Waals surface area contributed by atoms with Crippen molar-refractivity contribution in [1.29, 1.82) is 0 Å². The molecule has 28 heavy (non-hydrogen) atoms. The van der Waals surface area contributed by atoms with E-state index in [1.807, 2.05) is 0 Å². The van der Waals surface area contributed by atoms with E-state index in [0.29, 0.717) is 11.3 Å². The van der Waals surface area contributed by atoms with Gasteiger partial charge in [0.15, 0.2) is 5.69 Å². The first-order valence-electron chi connectivity index (χ1n) is 10.7. The molecule has 3 aromatic rings. The minimum Gasteiger partial charge on any atom is -0.198 e. The van der Waals surface area contributed by atoms with Crippen molar-refractivity contribution >= 4 is 10.8 Å². The highest BCUT2D eigenvalue weighted by Gasteiger charge is 2.32. The van der Waals surface area contributed by atoms with Gasteiger partial charge >= 0.3 is 0 Å². The molecule has 0 radical (unpaired) electrons. The summed E-state index contributed by atoms with van der Waals surface area (Å²) in [4.78, 5) is 0. The van der Waals surface area contributed by atoms with Gasteiger partial charge in [-0.2, -0.15) is 4.57 Å². The lowest BCUT2D eigenvalue weighted by molar-refractivity contribution is -0.665. The van der Waals surface area contributed by atoms with Crippen LogP contribution in [-0.2, 0) is 7.05 Å². The van der Waals surface area contributed by atoms with Gasteiger partial charge in [0.25, 0.3) is 0 Å². The molecule has 1 heteroatoms. The Morgan fingerprint density at radius 1 is 0.964 bits per heavy atom. The van der Waals surface area contributed by atoms with Crippen LogP contribution in [0.15, 0.2) is 36.4 Å². The van der Waals surface area contributed by atoms with Crippen LogP contribution in [0.1, 0.15) is 67.0 Å². The lowest BCUT2D eigenvalue weighted by atomic mass is 9.87. The summed E-state index contributed by atoms with van der Waals surface area (Å²) in [6.45, 7) is 13.7. The van der Waals surface area contributed by atoms with E-state index < -0.39 is 0 Å². The molecule has 0 spiro atoms. The quantitative estimate of drug-likeness (QED) is 0.433. The molecule has 1 nitrogen and oxygen atoms in total. The number of pyridine rings is 1. The zero-order chi connectivity index (χ0) is 20.2. The van der Waals surface area contributed by atoms with Gasteiger partial charge in [-0.1, -0.05) is 37.6 Å². The van der Waals surface area contributed by atoms with Gasteiger partial charge < -0.3 is 0 Å². The highest BCUT2D eigenvalue weighted by atomic mass is 14.9. The summed E-state index contributed by atoms with van der Waals surface area (Å²) >= 11 is 0. The first-order chi connectivity index (χ1) is 13.2. The summed E-state index contributed by atoms with van der Waals surface area (Å²) in [6.07, 6.45) is 3.97. The SMILES string of the molecule is Cc1cc(C)c(C)c(-c2c3ccc(C4CCC(C)(C)C4)cc3cc(C)[n+]2C)c1. The molecule has 1 unspecified atom stereocenters. The second-order valence-corrected chi connectivity index (χ2v) is 9.90. The van der Waals surface area contributed by atoms with Crippen LogP contribution in [0.3, 0.4) is 0 Å². The first kappa shape index (κ1) is 19.2. The molecular formula is C27H34N+. The van der Waals surface area contributed by atoms with E-state index in [4.69, 9.17) is 0 Å². The van der Waals surface area contributed by atoms with E-state index in [1.165, 1.54) is 69.2 Å². The average Bonchev–Trinajstić information content (AvgIpc) is 2.99. The van der Waals surface area contributed by atoms with Gasteiger partial charge in [0, 0.05) is 13.0 Å². The van der Waals surface area contributed by atoms with E-state index in [2.05, 4.69) is 89.6 Å². The number of aromatic nitrogens is 1. The van der Waals surface area contributed by atoms with Crippen molar-refractivity contribution in [1.82, 2.24) is 0 Å². The van der Waals surface area contributed by atoms with Crippen LogP contribution in [0.4, 0.5) is 0 Å². The van der Waals surface area contributed by atoms with Crippen LogP contribution in [0.2, 0.25) is 0 Å². The van der Waals surface area contributed by atoms with E-state index in [0.717, 1.165) is 0 Å². The van der Waals surface area contributed by atoms with Gasteiger partial charge in [-0.3, -0.25) is 0 Å². The van der Waals surface area contributed by atoms with Gasteiger partial charge in [0.05, 0.1) is 10.9 Å². The van der Waals surface area contributed by atoms with Crippen molar-refractivity contribution in [3.63, 3.8) is 0 Å². The zero-order valence-electron chi connectivity index (χ0n) is 18.6. The molecule has 146 valence electrons. The molecule has 1 heterocycles. The predicted molar refractivity (Wildman–Crippen MR) is 120 cm³/mol. The molecular weight excluding hydrogens is 338 g/mol. The molecule has 0 saturated heterocycles. The third kappa shape index (κ3) is 3.26. The van der Waals surface area contributed by atoms with Crippen molar-refractivity contribution in [3.05, 3.63) is 64.3 Å². The summed E-state index contributed by atoms with van der Waals surface area (Å²) < 4.78 is 2.36. The van der Waals surface area contributed by atoms with Gasteiger partial charge in [-0.05, 0) is 85.6 Å². The summed E-state index contributed by atoms with van der Waals surface area (Å²) in [6, 6.07) is 14.2. The number of hydrogen-bond donors (Lipinski definition) is 0. The Hall–Kier alpha value is -2.15. The first-order valence-corrected chi connectivity index (χ1v) is 10.7. The average molecular weight is 373 g/mol. The molecule has 0 bridgehead atoms. The van der Waals surface area contributed by atoms with Crippen LogP contribution in [-0.4, -0.2) is 0 Å². The zero-order valence-corrected chi connectivity index (χ0v) is 18.6. The van der Waals surface area contributed by atoms with Crippen molar-refractivity contribution in [3.8, 4) is 11.3 Å². The number of rotatable bonds is 2. The molecule has 1 aromatic heterocycles. The molecule has 0 amide bonds. The molecule has 1 atom stereocenters. The smallest absolute Gasteiger partial charge is 0.198 e. The normalized spacial score (nSPS) is 18.8. The summed E-state index contributed by atoms with van der Waals surface area (Å²) in [5.74, 6) is 0.708. The molecule has 4 rings (SSSR count). The largest absolute Gasteiger partial charge is 0.220 e. The van der Waals surface area contributed by atoms with Crippen molar-refractivity contribution in [2.24, 2.45) is 12.5 Å². The predicted octanol–water partition coefficient (Wildman–Crippen LogP) is 6.86. The van der Waals surface area contributed by atoms with Crippen LogP contribution in [0.5, 0.6) is 0 Å². The molecule has 0 N–H and O–H groups in total. The molecule has 1 aliphatic rings. The summed E-state index contributed by atoms with van der Waals surface area (Å²) in [7, 11) is 2.20. The fourth-order valence-electron chi connectivity index (χ4n) is 5.18. The van der Waals surface area contributed by atoms with E-state index in [1.54, 1.807) is 0 Å². The number of aryl methyl sites for hydroxylation is 3. The van der Waals surface area contributed by atoms with Crippen molar-refractivity contribution < 1.29 is 4.57 Å². The molecule has 1 fully saturated rings. The topological polar surface area (TPSA) is 3.88 Å². The number of hydrogen-bond acceptors (Lipinski definition) is 0. The Balaban J connectivity index is 1.92. The number of fused-ring (bicyclic) bond motifs is 1. The minimum atomic E-state index is 0.486. The third-order valence-corrected chi connectivity index (χ3v) is 7.07. The van der Waals surface area contributed by atoms with Crippen LogP contribution >= 0.6 is 0 Å². The van der Waals surface area contributed by atoms with Crippen LogP contribution < -0.4 is 4.57 Å². The van der Waals surface area contributed by atoms with Crippen molar-refractivity contribution in [2.75, 3.05) is 0 Å². The molecule has 1 saturated carbocycles. The fraction of sp³-hybridized carbons (Fsp3) is 0.444. The Morgan fingerprint density at radius 2 is 1.71 bits per heavy atom. The maximum Gasteiger partial charge on any atom is 0.220 e. The van der Waals surface area contributed by atoms with Gasteiger partial charge in [0.2, 0.25) is 5.69 Å². The van der Waals surface area contributed by atoms with Gasteiger partial charge in [0.1, 0.15) is 7.05 Å². The Morgan fingerprint density at radius 3 is 2.39 bits per heavy atom. The van der Waals surface area contributed by atoms with E-state index in [-0.39, 0.29) is 0 Å². The summed E-state index contributed by atoms with van der Waals surface area (Å²) in [5.41, 5.74) is 10.1. The second kappa shape index (κ2) is 6.72. The fourth-order valence-corrected chi connectivity index (χ4v) is 5.18. The highest BCUT2D eigenvalue weighted by molar-refractivity contribution is 5.94. The number of nitrogens with zero attached hydrogens (tertiary/aromatic N) is 1. The van der Waals surface area contributed by atoms with Gasteiger partial charge in [-0.25, -0.2) is 0 Å². The standard InChI is InChI=1S/C27H34N/c1-17-12-18(2)20(4)25(13-17)26-24-9-8-21(22-10-11-27(5,6)16-22)15-23(24)14-19(3)28(26)7/h8-9,12-15,22H,10-11,16H2,1-7H3/q+1. The second-order valence-electron chi connectivity index (χ2n) is 9.90. The minimum absolute atomic E-state index is 0.486. The molecule has 2 aromatic carbocycles. The molecule has 1 aliphatic carbocycles. The number of benzene rings is 2. The third-order valence-electron chi connectivity index (χ3n) is 7.07. The Kier molecular flexibility index (Phi) is 4.61.